The van der Waals surface area contributed by atoms with Crippen molar-refractivity contribution in [3.05, 3.63) is 53.1 Å². The second kappa shape index (κ2) is 10.8. The van der Waals surface area contributed by atoms with Gasteiger partial charge in [-0.25, -0.2) is 8.42 Å². The van der Waals surface area contributed by atoms with E-state index in [9.17, 15) is 13.2 Å². The van der Waals surface area contributed by atoms with Gasteiger partial charge in [0.25, 0.3) is 0 Å². The Morgan fingerprint density at radius 1 is 1.03 bits per heavy atom. The van der Waals surface area contributed by atoms with Crippen LogP contribution < -0.4 is 14.8 Å². The highest BCUT2D eigenvalue weighted by Gasteiger charge is 2.21. The van der Waals surface area contributed by atoms with Gasteiger partial charge in [-0.1, -0.05) is 12.1 Å². The molecule has 0 radical (unpaired) electrons. The third-order valence-corrected chi connectivity index (χ3v) is 7.35. The van der Waals surface area contributed by atoms with E-state index in [1.165, 1.54) is 5.56 Å². The molecule has 2 aromatic carbocycles. The molecule has 1 aliphatic carbocycles. The molecule has 0 bridgehead atoms. The monoisotopic (exact) mass is 461 g/mol. The van der Waals surface area contributed by atoms with Gasteiger partial charge in [-0.2, -0.15) is 0 Å². The first-order valence-corrected chi connectivity index (χ1v) is 12.4. The van der Waals surface area contributed by atoms with Crippen molar-refractivity contribution < 1.29 is 27.4 Å². The molecule has 32 heavy (non-hydrogen) atoms. The molecule has 174 valence electrons. The van der Waals surface area contributed by atoms with E-state index in [0.29, 0.717) is 29.6 Å². The number of sulfone groups is 1. The highest BCUT2D eigenvalue weighted by Crippen LogP contribution is 2.30. The molecule has 0 aliphatic heterocycles. The maximum Gasteiger partial charge on any atom is 0.221 e. The lowest BCUT2D eigenvalue weighted by molar-refractivity contribution is -0.121. The van der Waals surface area contributed by atoms with Crippen LogP contribution in [0, 0.1) is 0 Å². The molecular formula is C24H31NO6S. The molecule has 1 aliphatic rings. The molecule has 2 aromatic rings. The van der Waals surface area contributed by atoms with Gasteiger partial charge in [0.05, 0.1) is 30.4 Å². The molecule has 1 atom stereocenters. The van der Waals surface area contributed by atoms with Crippen molar-refractivity contribution in [3.63, 3.8) is 0 Å². The van der Waals surface area contributed by atoms with Crippen molar-refractivity contribution in [2.75, 3.05) is 33.2 Å². The average Bonchev–Trinajstić information content (AvgIpc) is 3.26. The van der Waals surface area contributed by atoms with E-state index in [-0.39, 0.29) is 24.1 Å². The van der Waals surface area contributed by atoms with E-state index < -0.39 is 9.84 Å². The lowest BCUT2D eigenvalue weighted by Gasteiger charge is -2.17. The third-order valence-electron chi connectivity index (χ3n) is 5.64. The molecule has 0 fully saturated rings. The van der Waals surface area contributed by atoms with E-state index in [4.69, 9.17) is 14.2 Å². The van der Waals surface area contributed by atoms with Crippen LogP contribution in [0.1, 0.15) is 42.5 Å². The van der Waals surface area contributed by atoms with Gasteiger partial charge in [0.1, 0.15) is 6.61 Å². The molecule has 8 heteroatoms. The van der Waals surface area contributed by atoms with E-state index >= 15 is 0 Å². The second-order valence-electron chi connectivity index (χ2n) is 7.89. The standard InChI is InChI=1S/C24H31NO6S/c1-17(19-8-10-22(23(16-19)30-3)31-13-12-29-2)25-24(26)11-14-32(27,28)21-9-7-18-5-4-6-20(18)15-21/h7-10,15-17H,4-6,11-14H2,1-3H3,(H,25,26). The summed E-state index contributed by atoms with van der Waals surface area (Å²) in [5.41, 5.74) is 3.16. The van der Waals surface area contributed by atoms with Crippen LogP contribution in [-0.2, 0) is 32.2 Å². The van der Waals surface area contributed by atoms with Gasteiger partial charge in [-0.3, -0.25) is 4.79 Å². The highest BCUT2D eigenvalue weighted by molar-refractivity contribution is 7.91. The highest BCUT2D eigenvalue weighted by atomic mass is 32.2. The predicted molar refractivity (Wildman–Crippen MR) is 122 cm³/mol. The van der Waals surface area contributed by atoms with Gasteiger partial charge in [0.15, 0.2) is 21.3 Å². The number of methoxy groups -OCH3 is 2. The summed E-state index contributed by atoms with van der Waals surface area (Å²) in [6, 6.07) is 10.4. The van der Waals surface area contributed by atoms with Crippen molar-refractivity contribution in [1.29, 1.82) is 0 Å². The Labute approximate surface area is 190 Å². The number of fused-ring (bicyclic) bond motifs is 1. The molecule has 7 nitrogen and oxygen atoms in total. The normalized spacial score (nSPS) is 14.0. The lowest BCUT2D eigenvalue weighted by atomic mass is 10.1. The zero-order valence-corrected chi connectivity index (χ0v) is 19.7. The Morgan fingerprint density at radius 3 is 2.56 bits per heavy atom. The molecule has 3 rings (SSSR count). The number of hydrogen-bond acceptors (Lipinski definition) is 6. The summed E-state index contributed by atoms with van der Waals surface area (Å²) in [6.45, 7) is 2.70. The predicted octanol–water partition coefficient (Wildman–Crippen LogP) is 3.25. The maximum atomic E-state index is 12.7. The SMILES string of the molecule is COCCOc1ccc(C(C)NC(=O)CCS(=O)(=O)c2ccc3c(c2)CCC3)cc1OC. The first-order chi connectivity index (χ1) is 15.3. The first-order valence-electron chi connectivity index (χ1n) is 10.8. The van der Waals surface area contributed by atoms with Crippen molar-refractivity contribution in [3.8, 4) is 11.5 Å². The van der Waals surface area contributed by atoms with Crippen LogP contribution in [0.4, 0.5) is 0 Å². The molecule has 1 unspecified atom stereocenters. The fraction of sp³-hybridized carbons (Fsp3) is 0.458. The number of rotatable bonds is 11. The topological polar surface area (TPSA) is 90.9 Å². The largest absolute Gasteiger partial charge is 0.493 e. The number of carbonyl (C=O) groups excluding carboxylic acids is 1. The van der Waals surface area contributed by atoms with Crippen LogP contribution in [0.5, 0.6) is 11.5 Å². The summed E-state index contributed by atoms with van der Waals surface area (Å²) in [7, 11) is -0.359. The van der Waals surface area contributed by atoms with Crippen molar-refractivity contribution in [2.45, 2.75) is 43.5 Å². The van der Waals surface area contributed by atoms with E-state index in [1.807, 2.05) is 19.1 Å². The quantitative estimate of drug-likeness (QED) is 0.517. The third kappa shape index (κ3) is 6.01. The van der Waals surface area contributed by atoms with Crippen molar-refractivity contribution >= 4 is 15.7 Å². The van der Waals surface area contributed by atoms with Gasteiger partial charge in [0.2, 0.25) is 5.91 Å². The molecule has 0 heterocycles. The number of ether oxygens (including phenoxy) is 3. The molecule has 0 saturated carbocycles. The van der Waals surface area contributed by atoms with Crippen molar-refractivity contribution in [2.24, 2.45) is 0 Å². The minimum atomic E-state index is -3.51. The summed E-state index contributed by atoms with van der Waals surface area (Å²) >= 11 is 0. The molecule has 0 aromatic heterocycles. The van der Waals surface area contributed by atoms with Gasteiger partial charge in [-0.05, 0) is 67.1 Å². The van der Waals surface area contributed by atoms with E-state index in [2.05, 4.69) is 5.32 Å². The van der Waals surface area contributed by atoms with Gasteiger partial charge in [-0.15, -0.1) is 0 Å². The summed E-state index contributed by atoms with van der Waals surface area (Å²) in [6.07, 6.45) is 2.88. The van der Waals surface area contributed by atoms with Crippen LogP contribution >= 0.6 is 0 Å². The van der Waals surface area contributed by atoms with Crippen LogP contribution in [0.15, 0.2) is 41.3 Å². The minimum absolute atomic E-state index is 0.0981. The molecule has 0 saturated heterocycles. The van der Waals surface area contributed by atoms with Crippen LogP contribution in [0.2, 0.25) is 0 Å². The summed E-state index contributed by atoms with van der Waals surface area (Å²) in [4.78, 5) is 12.7. The van der Waals surface area contributed by atoms with Crippen LogP contribution in [0.25, 0.3) is 0 Å². The lowest BCUT2D eigenvalue weighted by Crippen LogP contribution is -2.28. The number of carbonyl (C=O) groups is 1. The molecular weight excluding hydrogens is 430 g/mol. The zero-order chi connectivity index (χ0) is 23.1. The Hall–Kier alpha value is -2.58. The number of nitrogens with one attached hydrogen (secondary N) is 1. The number of aryl methyl sites for hydroxylation is 2. The number of benzene rings is 2. The maximum absolute atomic E-state index is 12.7. The minimum Gasteiger partial charge on any atom is -0.493 e. The van der Waals surface area contributed by atoms with Crippen LogP contribution in [0.3, 0.4) is 0 Å². The van der Waals surface area contributed by atoms with E-state index in [1.54, 1.807) is 38.5 Å². The Balaban J connectivity index is 1.57. The Morgan fingerprint density at radius 2 is 1.81 bits per heavy atom. The average molecular weight is 462 g/mol. The van der Waals surface area contributed by atoms with Gasteiger partial charge < -0.3 is 19.5 Å². The van der Waals surface area contributed by atoms with Gasteiger partial charge >= 0.3 is 0 Å². The fourth-order valence-electron chi connectivity index (χ4n) is 3.79. The molecule has 0 spiro atoms. The van der Waals surface area contributed by atoms with Crippen molar-refractivity contribution in [1.82, 2.24) is 5.32 Å². The second-order valence-corrected chi connectivity index (χ2v) is 10.0. The summed E-state index contributed by atoms with van der Waals surface area (Å²) in [5, 5.41) is 2.87. The summed E-state index contributed by atoms with van der Waals surface area (Å²) in [5.74, 6) is 0.604. The zero-order valence-electron chi connectivity index (χ0n) is 18.8. The number of hydrogen-bond donors (Lipinski definition) is 1. The smallest absolute Gasteiger partial charge is 0.221 e. The van der Waals surface area contributed by atoms with Crippen LogP contribution in [-0.4, -0.2) is 47.5 Å². The molecule has 1 N–H and O–H groups in total. The summed E-state index contributed by atoms with van der Waals surface area (Å²) < 4.78 is 41.4. The van der Waals surface area contributed by atoms with Gasteiger partial charge in [0, 0.05) is 13.5 Å². The number of amides is 1. The molecule has 1 amide bonds. The first kappa shape index (κ1) is 24.1. The fourth-order valence-corrected chi connectivity index (χ4v) is 5.08. The van der Waals surface area contributed by atoms with E-state index in [0.717, 1.165) is 30.4 Å². The Kier molecular flexibility index (Phi) is 8.15. The Bertz CT molecular complexity index is 1050.